The number of carbonyl (C=O) groups excluding carboxylic acids is 1. The second-order valence-corrected chi connectivity index (χ2v) is 5.20. The number of amides is 1. The Morgan fingerprint density at radius 1 is 1.52 bits per heavy atom. The van der Waals surface area contributed by atoms with Crippen molar-refractivity contribution in [2.24, 2.45) is 11.7 Å². The average Bonchev–Trinajstić information content (AvgIpc) is 2.89. The van der Waals surface area contributed by atoms with Gasteiger partial charge in [-0.25, -0.2) is 4.39 Å². The summed E-state index contributed by atoms with van der Waals surface area (Å²) >= 11 is 0. The number of rotatable bonds is 3. The van der Waals surface area contributed by atoms with Crippen LogP contribution in [0.2, 0.25) is 0 Å². The van der Waals surface area contributed by atoms with E-state index in [0.717, 1.165) is 0 Å². The minimum Gasteiger partial charge on any atom is -0.338 e. The van der Waals surface area contributed by atoms with E-state index in [1.807, 2.05) is 6.92 Å². The van der Waals surface area contributed by atoms with Gasteiger partial charge in [-0.15, -0.1) is 0 Å². The van der Waals surface area contributed by atoms with Crippen LogP contribution >= 0.6 is 0 Å². The Morgan fingerprint density at radius 2 is 2.19 bits per heavy atom. The van der Waals surface area contributed by atoms with E-state index in [2.05, 4.69) is 0 Å². The first kappa shape index (κ1) is 15.3. The van der Waals surface area contributed by atoms with Gasteiger partial charge in [0.15, 0.2) is 0 Å². The average molecular weight is 299 g/mol. The zero-order chi connectivity index (χ0) is 15.7. The van der Waals surface area contributed by atoms with Crippen LogP contribution in [0.15, 0.2) is 12.1 Å². The number of nitro benzene ring substituents is 1. The van der Waals surface area contributed by atoms with E-state index in [-0.39, 0.29) is 12.0 Å². The molecule has 0 radical (unpaired) electrons. The van der Waals surface area contributed by atoms with Crippen LogP contribution in [0.3, 0.4) is 0 Å². The molecule has 21 heavy (non-hydrogen) atoms. The molecule has 1 fully saturated rings. The van der Waals surface area contributed by atoms with Crippen molar-refractivity contribution in [1.29, 1.82) is 0 Å². The fraction of sp³-hybridized carbons (Fsp3) is 0.462. The van der Waals surface area contributed by atoms with Crippen molar-refractivity contribution >= 4 is 11.6 Å². The molecule has 8 heteroatoms. The van der Waals surface area contributed by atoms with Gasteiger partial charge < -0.3 is 10.6 Å². The van der Waals surface area contributed by atoms with Gasteiger partial charge >= 0.3 is 5.69 Å². The maximum absolute atomic E-state index is 14.0. The molecule has 0 spiro atoms. The third-order valence-electron chi connectivity index (χ3n) is 3.70. The Kier molecular flexibility index (Phi) is 4.17. The normalized spacial score (nSPS) is 19.6. The summed E-state index contributed by atoms with van der Waals surface area (Å²) in [5.41, 5.74) is 4.10. The van der Waals surface area contributed by atoms with E-state index < -0.39 is 33.7 Å². The van der Waals surface area contributed by atoms with Crippen molar-refractivity contribution < 1.29 is 18.5 Å². The maximum atomic E-state index is 14.0. The molecule has 6 nitrogen and oxygen atoms in total. The van der Waals surface area contributed by atoms with Crippen LogP contribution in [0.5, 0.6) is 0 Å². The first-order valence-electron chi connectivity index (χ1n) is 6.49. The zero-order valence-corrected chi connectivity index (χ0v) is 11.4. The molecule has 0 aromatic heterocycles. The lowest BCUT2D eigenvalue weighted by atomic mass is 10.0. The summed E-state index contributed by atoms with van der Waals surface area (Å²) in [5.74, 6) is -3.00. The Bertz CT molecular complexity index is 592. The predicted molar refractivity (Wildman–Crippen MR) is 70.7 cm³/mol. The van der Waals surface area contributed by atoms with Gasteiger partial charge in [-0.05, 0) is 25.3 Å². The summed E-state index contributed by atoms with van der Waals surface area (Å²) in [5, 5.41) is 10.7. The highest BCUT2D eigenvalue weighted by molar-refractivity contribution is 5.95. The van der Waals surface area contributed by atoms with Crippen molar-refractivity contribution in [3.8, 4) is 0 Å². The highest BCUT2D eigenvalue weighted by atomic mass is 19.1. The number of nitrogens with zero attached hydrogens (tertiary/aromatic N) is 2. The van der Waals surface area contributed by atoms with E-state index in [1.54, 1.807) is 0 Å². The van der Waals surface area contributed by atoms with Crippen molar-refractivity contribution in [2.45, 2.75) is 19.4 Å². The van der Waals surface area contributed by atoms with Crippen LogP contribution in [0.1, 0.15) is 23.7 Å². The highest BCUT2D eigenvalue weighted by Crippen LogP contribution is 2.26. The molecule has 1 heterocycles. The molecular formula is C13H15F2N3O3. The molecule has 0 bridgehead atoms. The number of nitro groups is 1. The van der Waals surface area contributed by atoms with Gasteiger partial charge in [0.1, 0.15) is 5.82 Å². The summed E-state index contributed by atoms with van der Waals surface area (Å²) < 4.78 is 27.3. The first-order valence-corrected chi connectivity index (χ1v) is 6.49. The molecule has 1 amide bonds. The lowest BCUT2D eigenvalue weighted by molar-refractivity contribution is -0.387. The highest BCUT2D eigenvalue weighted by Gasteiger charge is 2.32. The number of halogens is 2. The Hall–Kier alpha value is -2.09. The largest absolute Gasteiger partial charge is 0.338 e. The fourth-order valence-electron chi connectivity index (χ4n) is 2.43. The lowest BCUT2D eigenvalue weighted by Crippen LogP contribution is -2.33. The lowest BCUT2D eigenvalue weighted by Gasteiger charge is -2.18. The van der Waals surface area contributed by atoms with Gasteiger partial charge in [0.05, 0.1) is 16.6 Å². The smallest absolute Gasteiger partial charge is 0.308 e. The number of benzene rings is 1. The summed E-state index contributed by atoms with van der Waals surface area (Å²) in [6.45, 7) is 2.52. The van der Waals surface area contributed by atoms with Crippen LogP contribution in [0.25, 0.3) is 0 Å². The van der Waals surface area contributed by atoms with E-state index in [4.69, 9.17) is 5.73 Å². The number of carbonyl (C=O) groups is 1. The van der Waals surface area contributed by atoms with Crippen molar-refractivity contribution in [1.82, 2.24) is 4.90 Å². The van der Waals surface area contributed by atoms with E-state index in [0.29, 0.717) is 31.6 Å². The van der Waals surface area contributed by atoms with Gasteiger partial charge in [0, 0.05) is 19.1 Å². The molecule has 0 saturated carbocycles. The van der Waals surface area contributed by atoms with Crippen LogP contribution in [0, 0.1) is 27.7 Å². The molecule has 2 N–H and O–H groups in total. The summed E-state index contributed by atoms with van der Waals surface area (Å²) in [7, 11) is 0. The van der Waals surface area contributed by atoms with E-state index in [9.17, 15) is 23.7 Å². The number of hydrogen-bond acceptors (Lipinski definition) is 4. The van der Waals surface area contributed by atoms with Gasteiger partial charge in [0.25, 0.3) is 5.91 Å². The third kappa shape index (κ3) is 2.99. The van der Waals surface area contributed by atoms with Crippen LogP contribution < -0.4 is 5.73 Å². The monoisotopic (exact) mass is 299 g/mol. The number of hydrogen-bond donors (Lipinski definition) is 1. The SMILES string of the molecule is CC(N)C1CCN(C(=O)c2cc(F)cc([N+](=O)[O-])c2F)C1. The Balaban J connectivity index is 2.30. The van der Waals surface area contributed by atoms with Crippen LogP contribution in [0.4, 0.5) is 14.5 Å². The molecule has 1 aromatic carbocycles. The molecular weight excluding hydrogens is 284 g/mol. The summed E-state index contributed by atoms with van der Waals surface area (Å²) in [6.07, 6.45) is 0.669. The molecule has 1 aliphatic rings. The second-order valence-electron chi connectivity index (χ2n) is 5.20. The molecule has 2 atom stereocenters. The zero-order valence-electron chi connectivity index (χ0n) is 11.4. The van der Waals surface area contributed by atoms with Crippen LogP contribution in [-0.4, -0.2) is 34.9 Å². The van der Waals surface area contributed by atoms with Gasteiger partial charge in [-0.3, -0.25) is 14.9 Å². The molecule has 2 unspecified atom stereocenters. The third-order valence-corrected chi connectivity index (χ3v) is 3.70. The Labute approximate surface area is 119 Å². The minimum atomic E-state index is -1.31. The molecule has 2 rings (SSSR count). The van der Waals surface area contributed by atoms with Gasteiger partial charge in [0.2, 0.25) is 5.82 Å². The fourth-order valence-corrected chi connectivity index (χ4v) is 2.43. The van der Waals surface area contributed by atoms with Crippen molar-refractivity contribution in [3.63, 3.8) is 0 Å². The minimum absolute atomic E-state index is 0.0838. The quantitative estimate of drug-likeness (QED) is 0.679. The first-order chi connectivity index (χ1) is 9.81. The molecule has 114 valence electrons. The Morgan fingerprint density at radius 3 is 2.71 bits per heavy atom. The van der Waals surface area contributed by atoms with Crippen molar-refractivity contribution in [2.75, 3.05) is 13.1 Å². The van der Waals surface area contributed by atoms with Crippen LogP contribution in [-0.2, 0) is 0 Å². The molecule has 0 aliphatic carbocycles. The maximum Gasteiger partial charge on any atom is 0.308 e. The molecule has 1 saturated heterocycles. The number of nitrogens with two attached hydrogens (primary N) is 1. The van der Waals surface area contributed by atoms with E-state index in [1.165, 1.54) is 4.90 Å². The predicted octanol–water partition coefficient (Wildman–Crippen LogP) is 1.68. The standard InChI is InChI=1S/C13H15F2N3O3/c1-7(16)8-2-3-17(6-8)13(19)10-4-9(14)5-11(12(10)15)18(20)21/h4-5,7-8H,2-3,6,16H2,1H3. The van der Waals surface area contributed by atoms with Crippen molar-refractivity contribution in [3.05, 3.63) is 39.4 Å². The summed E-state index contributed by atoms with van der Waals surface area (Å²) in [4.78, 5) is 23.2. The summed E-state index contributed by atoms with van der Waals surface area (Å²) in [6, 6.07) is 1.03. The van der Waals surface area contributed by atoms with E-state index >= 15 is 0 Å². The molecule has 1 aromatic rings. The second kappa shape index (κ2) is 5.72. The van der Waals surface area contributed by atoms with Gasteiger partial charge in [-0.1, -0.05) is 0 Å². The van der Waals surface area contributed by atoms with Gasteiger partial charge in [-0.2, -0.15) is 4.39 Å². The number of likely N-dealkylation sites (tertiary alicyclic amines) is 1. The topological polar surface area (TPSA) is 89.5 Å². The molecule has 1 aliphatic heterocycles.